The van der Waals surface area contributed by atoms with Crippen molar-refractivity contribution in [3.63, 3.8) is 0 Å². The lowest BCUT2D eigenvalue weighted by atomic mass is 9.90. The Kier molecular flexibility index (Phi) is 5.59. The van der Waals surface area contributed by atoms with Gasteiger partial charge in [0, 0.05) is 28.7 Å². The van der Waals surface area contributed by atoms with Crippen LogP contribution < -0.4 is 4.74 Å². The Morgan fingerprint density at radius 2 is 1.92 bits per heavy atom. The van der Waals surface area contributed by atoms with Crippen molar-refractivity contribution in [1.82, 2.24) is 9.88 Å². The molecule has 0 saturated heterocycles. The average Bonchev–Trinajstić information content (AvgIpc) is 2.97. The predicted octanol–water partition coefficient (Wildman–Crippen LogP) is 4.90. The van der Waals surface area contributed by atoms with E-state index < -0.39 is 0 Å². The maximum Gasteiger partial charge on any atom is 0.124 e. The van der Waals surface area contributed by atoms with E-state index in [-0.39, 0.29) is 12.4 Å². The van der Waals surface area contributed by atoms with Gasteiger partial charge in [-0.2, -0.15) is 0 Å². The molecule has 0 saturated carbocycles. The summed E-state index contributed by atoms with van der Waals surface area (Å²) >= 11 is 0. The van der Waals surface area contributed by atoms with Crippen molar-refractivity contribution in [3.8, 4) is 5.75 Å². The van der Waals surface area contributed by atoms with E-state index in [0.717, 1.165) is 18.6 Å². The molecule has 3 aromatic rings. The van der Waals surface area contributed by atoms with Crippen molar-refractivity contribution < 1.29 is 4.74 Å². The van der Waals surface area contributed by atoms with Crippen LogP contribution in [0.2, 0.25) is 0 Å². The number of ether oxygens (including phenoxy) is 1. The molecule has 1 aliphatic carbocycles. The van der Waals surface area contributed by atoms with E-state index >= 15 is 0 Å². The number of aromatic amines is 1. The van der Waals surface area contributed by atoms with Gasteiger partial charge < -0.3 is 14.6 Å². The van der Waals surface area contributed by atoms with Crippen molar-refractivity contribution in [2.45, 2.75) is 38.8 Å². The van der Waals surface area contributed by atoms with Gasteiger partial charge in [0.15, 0.2) is 0 Å². The lowest BCUT2D eigenvalue weighted by Gasteiger charge is -2.28. The second-order valence-corrected chi connectivity index (χ2v) is 7.38. The third-order valence-electron chi connectivity index (χ3n) is 5.42. The molecule has 4 rings (SSSR count). The number of rotatable bonds is 4. The number of aryl methyl sites for hydroxylation is 2. The van der Waals surface area contributed by atoms with Crippen molar-refractivity contribution in [2.24, 2.45) is 0 Å². The molecule has 1 unspecified atom stereocenters. The molecule has 0 radical (unpaired) electrons. The fraction of sp³-hybridized carbons (Fsp3) is 0.364. The Bertz CT molecular complexity index is 886. The Labute approximate surface area is 161 Å². The molecule has 26 heavy (non-hydrogen) atoms. The molecule has 2 aromatic carbocycles. The molecule has 0 aliphatic heterocycles. The van der Waals surface area contributed by atoms with E-state index in [1.54, 1.807) is 0 Å². The molecule has 0 spiro atoms. The molecule has 1 N–H and O–H groups in total. The van der Waals surface area contributed by atoms with Gasteiger partial charge in [-0.3, -0.25) is 0 Å². The summed E-state index contributed by atoms with van der Waals surface area (Å²) in [5, 5.41) is 1.37. The topological polar surface area (TPSA) is 28.3 Å². The number of nitrogens with one attached hydrogen (secondary N) is 1. The minimum absolute atomic E-state index is 0. The number of hydrogen-bond acceptors (Lipinski definition) is 2. The van der Waals surface area contributed by atoms with Crippen molar-refractivity contribution in [1.29, 1.82) is 0 Å². The van der Waals surface area contributed by atoms with E-state index in [1.165, 1.54) is 39.7 Å². The zero-order valence-electron chi connectivity index (χ0n) is 15.7. The maximum atomic E-state index is 6.09. The molecule has 1 aromatic heterocycles. The third-order valence-corrected chi connectivity index (χ3v) is 5.42. The highest BCUT2D eigenvalue weighted by molar-refractivity contribution is 5.87. The number of aromatic nitrogens is 1. The quantitative estimate of drug-likeness (QED) is 0.707. The first-order chi connectivity index (χ1) is 12.1. The zero-order valence-corrected chi connectivity index (χ0v) is 16.5. The summed E-state index contributed by atoms with van der Waals surface area (Å²) in [6, 6.07) is 15.4. The fourth-order valence-electron chi connectivity index (χ4n) is 3.87. The molecule has 3 nitrogen and oxygen atoms in total. The summed E-state index contributed by atoms with van der Waals surface area (Å²) in [5.41, 5.74) is 6.52. The molecule has 1 heterocycles. The highest BCUT2D eigenvalue weighted by atomic mass is 35.5. The van der Waals surface area contributed by atoms with Gasteiger partial charge in [-0.25, -0.2) is 0 Å². The Morgan fingerprint density at radius 1 is 1.15 bits per heavy atom. The highest BCUT2D eigenvalue weighted by Crippen LogP contribution is 2.34. The molecule has 1 atom stereocenters. The molecule has 0 bridgehead atoms. The summed E-state index contributed by atoms with van der Waals surface area (Å²) in [4.78, 5) is 6.00. The van der Waals surface area contributed by atoms with Crippen molar-refractivity contribution in [2.75, 3.05) is 14.1 Å². The summed E-state index contributed by atoms with van der Waals surface area (Å²) in [7, 11) is 4.37. The van der Waals surface area contributed by atoms with Crippen LogP contribution in [0.4, 0.5) is 0 Å². The van der Waals surface area contributed by atoms with Crippen LogP contribution in [0, 0.1) is 6.92 Å². The van der Waals surface area contributed by atoms with Crippen LogP contribution in [0.3, 0.4) is 0 Å². The van der Waals surface area contributed by atoms with Crippen LogP contribution in [-0.4, -0.2) is 30.0 Å². The van der Waals surface area contributed by atoms with E-state index in [0.29, 0.717) is 12.6 Å². The number of halogens is 1. The third kappa shape index (κ3) is 3.60. The van der Waals surface area contributed by atoms with E-state index in [1.807, 2.05) is 6.07 Å². The van der Waals surface area contributed by atoms with Gasteiger partial charge >= 0.3 is 0 Å². The summed E-state index contributed by atoms with van der Waals surface area (Å²) in [6.45, 7) is 2.75. The van der Waals surface area contributed by atoms with Crippen LogP contribution in [0.1, 0.15) is 28.8 Å². The number of benzene rings is 2. The first-order valence-electron chi connectivity index (χ1n) is 9.09. The number of likely N-dealkylation sites (N-methyl/N-ethyl adjacent to an activating group) is 1. The van der Waals surface area contributed by atoms with Gasteiger partial charge in [0.1, 0.15) is 12.4 Å². The van der Waals surface area contributed by atoms with Gasteiger partial charge in [0.05, 0.1) is 0 Å². The van der Waals surface area contributed by atoms with Gasteiger partial charge in [0.25, 0.3) is 0 Å². The van der Waals surface area contributed by atoms with Gasteiger partial charge in [-0.15, -0.1) is 12.4 Å². The monoisotopic (exact) mass is 370 g/mol. The Morgan fingerprint density at radius 3 is 2.65 bits per heavy atom. The second-order valence-electron chi connectivity index (χ2n) is 7.38. The average molecular weight is 371 g/mol. The molecule has 138 valence electrons. The van der Waals surface area contributed by atoms with E-state index in [2.05, 4.69) is 67.3 Å². The molecule has 0 amide bonds. The second kappa shape index (κ2) is 7.73. The van der Waals surface area contributed by atoms with Crippen LogP contribution in [0.5, 0.6) is 5.75 Å². The summed E-state index contributed by atoms with van der Waals surface area (Å²) in [5.74, 6) is 0.971. The minimum Gasteiger partial charge on any atom is -0.489 e. The van der Waals surface area contributed by atoms with Crippen LogP contribution in [-0.2, 0) is 19.4 Å². The number of hydrogen-bond donors (Lipinski definition) is 1. The molecular formula is C22H27ClN2O. The number of nitrogens with zero attached hydrogens (tertiary/aromatic N) is 1. The maximum absolute atomic E-state index is 6.09. The van der Waals surface area contributed by atoms with Gasteiger partial charge in [0.2, 0.25) is 0 Å². The SMILES string of the molecule is Cc1cc2c3c([nH]c2cc1OCc1ccccc1)CCC(N(C)C)C3.Cl. The summed E-state index contributed by atoms with van der Waals surface area (Å²) in [6.07, 6.45) is 3.49. The van der Waals surface area contributed by atoms with Crippen molar-refractivity contribution in [3.05, 3.63) is 64.8 Å². The van der Waals surface area contributed by atoms with Crippen LogP contribution in [0.15, 0.2) is 42.5 Å². The predicted molar refractivity (Wildman–Crippen MR) is 111 cm³/mol. The molecule has 0 fully saturated rings. The van der Waals surface area contributed by atoms with Crippen LogP contribution in [0.25, 0.3) is 10.9 Å². The Balaban J connectivity index is 0.00000196. The minimum atomic E-state index is 0. The largest absolute Gasteiger partial charge is 0.489 e. The normalized spacial score (nSPS) is 16.4. The van der Waals surface area contributed by atoms with Gasteiger partial charge in [-0.05, 0) is 63.0 Å². The van der Waals surface area contributed by atoms with E-state index in [4.69, 9.17) is 4.74 Å². The fourth-order valence-corrected chi connectivity index (χ4v) is 3.87. The molecular weight excluding hydrogens is 344 g/mol. The van der Waals surface area contributed by atoms with E-state index in [9.17, 15) is 0 Å². The lowest BCUT2D eigenvalue weighted by molar-refractivity contribution is 0.268. The molecule has 1 aliphatic rings. The highest BCUT2D eigenvalue weighted by Gasteiger charge is 2.24. The van der Waals surface area contributed by atoms with Crippen molar-refractivity contribution >= 4 is 23.3 Å². The standard InChI is InChI=1S/C22H26N2O.ClH/c1-15-11-18-19-12-17(24(2)3)9-10-20(19)23-21(18)13-22(15)25-14-16-7-5-4-6-8-16;/h4-8,11,13,17,23H,9-10,12,14H2,1-3H3;1H. The lowest BCUT2D eigenvalue weighted by Crippen LogP contribution is -2.33. The number of H-pyrrole nitrogens is 1. The van der Waals surface area contributed by atoms with Crippen LogP contribution >= 0.6 is 12.4 Å². The zero-order chi connectivity index (χ0) is 17.4. The Hall–Kier alpha value is -1.97. The summed E-state index contributed by atoms with van der Waals surface area (Å²) < 4.78 is 6.09. The first kappa shape index (κ1) is 18.8. The number of fused-ring (bicyclic) bond motifs is 3. The molecule has 4 heteroatoms. The van der Waals surface area contributed by atoms with Gasteiger partial charge in [-0.1, -0.05) is 30.3 Å². The smallest absolute Gasteiger partial charge is 0.124 e. The first-order valence-corrected chi connectivity index (χ1v) is 9.09.